The van der Waals surface area contributed by atoms with Crippen molar-refractivity contribution < 1.29 is 14.3 Å². The summed E-state index contributed by atoms with van der Waals surface area (Å²) in [6, 6.07) is 3.67. The van der Waals surface area contributed by atoms with Crippen LogP contribution in [-0.2, 0) is 4.79 Å². The lowest BCUT2D eigenvalue weighted by molar-refractivity contribution is -0.137. The molecule has 0 aromatic carbocycles. The van der Waals surface area contributed by atoms with Crippen molar-refractivity contribution in [2.45, 2.75) is 45.4 Å². The molecule has 1 rings (SSSR count). The summed E-state index contributed by atoms with van der Waals surface area (Å²) in [5.74, 6) is -0.670. The fourth-order valence-corrected chi connectivity index (χ4v) is 1.11. The monoisotopic (exact) mass is 212 g/mol. The van der Waals surface area contributed by atoms with E-state index in [0.717, 1.165) is 12.8 Å². The van der Waals surface area contributed by atoms with E-state index < -0.39 is 5.97 Å². The molecule has 0 bridgehead atoms. The van der Waals surface area contributed by atoms with Crippen molar-refractivity contribution in [1.29, 1.82) is 0 Å². The van der Waals surface area contributed by atoms with Gasteiger partial charge in [-0.25, -0.2) is 0 Å². The molecule has 3 heteroatoms. The van der Waals surface area contributed by atoms with Crippen LogP contribution in [0.3, 0.4) is 0 Å². The van der Waals surface area contributed by atoms with Crippen LogP contribution in [0, 0.1) is 0 Å². The Balaban J connectivity index is 0.000000322. The van der Waals surface area contributed by atoms with E-state index in [1.54, 1.807) is 12.5 Å². The maximum Gasteiger partial charge on any atom is 0.303 e. The third-order valence-electron chi connectivity index (χ3n) is 1.92. The molecule has 0 fully saturated rings. The number of unbranched alkanes of at least 4 members (excludes halogenated alkanes) is 4. The van der Waals surface area contributed by atoms with E-state index in [1.807, 2.05) is 12.1 Å². The molecule has 1 aromatic rings. The molecule has 0 amide bonds. The molecule has 0 atom stereocenters. The maximum atomic E-state index is 10.0. The lowest BCUT2D eigenvalue weighted by Crippen LogP contribution is -1.93. The molecular weight excluding hydrogens is 192 g/mol. The van der Waals surface area contributed by atoms with Crippen molar-refractivity contribution in [3.63, 3.8) is 0 Å². The molecule has 1 heterocycles. The predicted molar refractivity (Wildman–Crippen MR) is 59.7 cm³/mol. The molecule has 86 valence electrons. The van der Waals surface area contributed by atoms with Gasteiger partial charge in [-0.3, -0.25) is 4.79 Å². The number of rotatable bonds is 6. The molecule has 0 saturated heterocycles. The highest BCUT2D eigenvalue weighted by Gasteiger charge is 1.94. The fourth-order valence-electron chi connectivity index (χ4n) is 1.11. The Hall–Kier alpha value is -1.25. The number of carboxylic acids is 1. The van der Waals surface area contributed by atoms with Crippen molar-refractivity contribution in [2.24, 2.45) is 0 Å². The van der Waals surface area contributed by atoms with Crippen LogP contribution in [0.2, 0.25) is 0 Å². The van der Waals surface area contributed by atoms with Crippen LogP contribution < -0.4 is 0 Å². The second kappa shape index (κ2) is 10.8. The Labute approximate surface area is 91.1 Å². The van der Waals surface area contributed by atoms with Gasteiger partial charge in [0.1, 0.15) is 0 Å². The fraction of sp³-hybridized carbons (Fsp3) is 0.583. The second-order valence-corrected chi connectivity index (χ2v) is 3.35. The summed E-state index contributed by atoms with van der Waals surface area (Å²) >= 11 is 0. The van der Waals surface area contributed by atoms with Gasteiger partial charge in [0.2, 0.25) is 0 Å². The molecule has 0 aliphatic carbocycles. The summed E-state index contributed by atoms with van der Waals surface area (Å²) in [6.45, 7) is 2.15. The quantitative estimate of drug-likeness (QED) is 0.731. The minimum atomic E-state index is -0.670. The van der Waals surface area contributed by atoms with E-state index in [-0.39, 0.29) is 0 Å². The van der Waals surface area contributed by atoms with Gasteiger partial charge in [0, 0.05) is 6.42 Å². The molecule has 3 nitrogen and oxygen atoms in total. The Kier molecular flexibility index (Phi) is 9.93. The highest BCUT2D eigenvalue weighted by molar-refractivity contribution is 5.66. The number of hydrogen-bond donors (Lipinski definition) is 1. The molecule has 0 saturated carbocycles. The Morgan fingerprint density at radius 2 is 1.73 bits per heavy atom. The van der Waals surface area contributed by atoms with Crippen LogP contribution >= 0.6 is 0 Å². The minimum Gasteiger partial charge on any atom is -0.481 e. The first kappa shape index (κ1) is 13.8. The summed E-state index contributed by atoms with van der Waals surface area (Å²) < 4.78 is 4.58. The van der Waals surface area contributed by atoms with Gasteiger partial charge >= 0.3 is 5.97 Å². The van der Waals surface area contributed by atoms with E-state index in [2.05, 4.69) is 11.3 Å². The summed E-state index contributed by atoms with van der Waals surface area (Å²) in [5, 5.41) is 8.27. The number of hydrogen-bond acceptors (Lipinski definition) is 2. The zero-order chi connectivity index (χ0) is 11.4. The number of carbonyl (C=O) groups is 1. The zero-order valence-corrected chi connectivity index (χ0v) is 9.32. The lowest BCUT2D eigenvalue weighted by atomic mass is 10.1. The summed E-state index contributed by atoms with van der Waals surface area (Å²) in [4.78, 5) is 10.0. The van der Waals surface area contributed by atoms with Crippen molar-refractivity contribution >= 4 is 5.97 Å². The van der Waals surface area contributed by atoms with E-state index in [4.69, 9.17) is 5.11 Å². The van der Waals surface area contributed by atoms with Crippen LogP contribution in [-0.4, -0.2) is 11.1 Å². The van der Waals surface area contributed by atoms with Crippen LogP contribution in [0.4, 0.5) is 0 Å². The van der Waals surface area contributed by atoms with E-state index in [9.17, 15) is 4.79 Å². The molecule has 0 aliphatic heterocycles. The largest absolute Gasteiger partial charge is 0.481 e. The van der Waals surface area contributed by atoms with Gasteiger partial charge in [-0.2, -0.15) is 0 Å². The molecule has 15 heavy (non-hydrogen) atoms. The van der Waals surface area contributed by atoms with E-state index in [0.29, 0.717) is 6.42 Å². The highest BCUT2D eigenvalue weighted by Crippen LogP contribution is 2.04. The van der Waals surface area contributed by atoms with Crippen molar-refractivity contribution in [1.82, 2.24) is 0 Å². The van der Waals surface area contributed by atoms with Crippen molar-refractivity contribution in [3.8, 4) is 0 Å². The van der Waals surface area contributed by atoms with Gasteiger partial charge in [0.05, 0.1) is 12.5 Å². The standard InChI is InChI=1S/C8H16O2.C4H4O/c1-2-3-4-5-6-7-8(9)10;1-2-4-5-3-1/h2-7H2,1H3,(H,9,10);1-4H. The topological polar surface area (TPSA) is 50.4 Å². The van der Waals surface area contributed by atoms with Crippen molar-refractivity contribution in [2.75, 3.05) is 0 Å². The maximum absolute atomic E-state index is 10.0. The first-order valence-electron chi connectivity index (χ1n) is 5.46. The van der Waals surface area contributed by atoms with Crippen LogP contribution in [0.1, 0.15) is 45.4 Å². The van der Waals surface area contributed by atoms with Crippen LogP contribution in [0.15, 0.2) is 29.1 Å². The normalized spacial score (nSPS) is 9.13. The third-order valence-corrected chi connectivity index (χ3v) is 1.92. The zero-order valence-electron chi connectivity index (χ0n) is 9.32. The Bertz CT molecular complexity index is 200. The molecule has 0 spiro atoms. The Morgan fingerprint density at radius 1 is 1.13 bits per heavy atom. The summed E-state index contributed by atoms with van der Waals surface area (Å²) in [6.07, 6.45) is 9.13. The van der Waals surface area contributed by atoms with Gasteiger partial charge in [0.15, 0.2) is 0 Å². The molecule has 0 radical (unpaired) electrons. The number of furan rings is 1. The molecular formula is C12H20O3. The number of carboxylic acid groups (broad SMARTS) is 1. The van der Waals surface area contributed by atoms with E-state index >= 15 is 0 Å². The smallest absolute Gasteiger partial charge is 0.303 e. The highest BCUT2D eigenvalue weighted by atomic mass is 16.4. The van der Waals surface area contributed by atoms with Gasteiger partial charge < -0.3 is 9.52 Å². The summed E-state index contributed by atoms with van der Waals surface area (Å²) in [7, 11) is 0. The summed E-state index contributed by atoms with van der Waals surface area (Å²) in [5.41, 5.74) is 0. The van der Waals surface area contributed by atoms with Crippen LogP contribution in [0.5, 0.6) is 0 Å². The van der Waals surface area contributed by atoms with Gasteiger partial charge in [-0.1, -0.05) is 32.6 Å². The predicted octanol–water partition coefficient (Wildman–Crippen LogP) is 3.71. The third kappa shape index (κ3) is 12.8. The lowest BCUT2D eigenvalue weighted by Gasteiger charge is -1.95. The van der Waals surface area contributed by atoms with Gasteiger partial charge in [-0.05, 0) is 18.6 Å². The van der Waals surface area contributed by atoms with Crippen molar-refractivity contribution in [3.05, 3.63) is 24.7 Å². The average molecular weight is 212 g/mol. The molecule has 0 unspecified atom stereocenters. The Morgan fingerprint density at radius 3 is 2.13 bits per heavy atom. The molecule has 1 N–H and O–H groups in total. The second-order valence-electron chi connectivity index (χ2n) is 3.35. The van der Waals surface area contributed by atoms with Gasteiger partial charge in [-0.15, -0.1) is 0 Å². The molecule has 1 aromatic heterocycles. The minimum absolute atomic E-state index is 0.337. The average Bonchev–Trinajstić information content (AvgIpc) is 2.75. The SMILES string of the molecule is CCCCCCCC(=O)O.c1ccoc1. The van der Waals surface area contributed by atoms with Crippen LogP contribution in [0.25, 0.3) is 0 Å². The first-order chi connectivity index (χ1) is 7.27. The number of aliphatic carboxylic acids is 1. The molecule has 0 aliphatic rings. The first-order valence-corrected chi connectivity index (χ1v) is 5.46. The van der Waals surface area contributed by atoms with E-state index in [1.165, 1.54) is 19.3 Å². The van der Waals surface area contributed by atoms with Gasteiger partial charge in [0.25, 0.3) is 0 Å².